The lowest BCUT2D eigenvalue weighted by Gasteiger charge is -2.17. The lowest BCUT2D eigenvalue weighted by molar-refractivity contribution is 0.112. The maximum Gasteiger partial charge on any atom is 0.150 e. The van der Waals surface area contributed by atoms with Crippen molar-refractivity contribution >= 4 is 6.29 Å². The van der Waals surface area contributed by atoms with E-state index in [1.807, 2.05) is 30.5 Å². The molecule has 0 unspecified atom stereocenters. The van der Waals surface area contributed by atoms with Gasteiger partial charge in [-0.1, -0.05) is 45.0 Å². The number of nitrogens with zero attached hydrogens (tertiary/aromatic N) is 1. The van der Waals surface area contributed by atoms with E-state index in [0.717, 1.165) is 23.1 Å². The van der Waals surface area contributed by atoms with E-state index in [1.165, 1.54) is 0 Å². The van der Waals surface area contributed by atoms with Crippen molar-refractivity contribution in [1.82, 2.24) is 4.98 Å². The number of aldehydes is 1. The van der Waals surface area contributed by atoms with Crippen molar-refractivity contribution in [2.45, 2.75) is 26.2 Å². The number of hydrogen-bond donors (Lipinski definition) is 0. The second kappa shape index (κ2) is 4.73. The lowest BCUT2D eigenvalue weighted by Crippen LogP contribution is -2.12. The lowest BCUT2D eigenvalue weighted by atomic mass is 9.91. The highest BCUT2D eigenvalue weighted by Gasteiger charge is 2.14. The predicted octanol–water partition coefficient (Wildman–Crippen LogP) is 3.86. The van der Waals surface area contributed by atoms with Crippen molar-refractivity contribution in [2.75, 3.05) is 0 Å². The summed E-state index contributed by atoms with van der Waals surface area (Å²) in [6.07, 6.45) is 2.73. The fourth-order valence-electron chi connectivity index (χ4n) is 1.80. The molecule has 0 radical (unpaired) electrons. The first-order chi connectivity index (χ1) is 8.50. The van der Waals surface area contributed by atoms with Crippen molar-refractivity contribution in [1.29, 1.82) is 0 Å². The molecule has 0 aliphatic heterocycles. The van der Waals surface area contributed by atoms with Crippen LogP contribution in [0.15, 0.2) is 42.6 Å². The summed E-state index contributed by atoms with van der Waals surface area (Å²) < 4.78 is 0. The highest BCUT2D eigenvalue weighted by Crippen LogP contribution is 2.24. The van der Waals surface area contributed by atoms with Crippen LogP contribution in [-0.2, 0) is 5.41 Å². The fraction of sp³-hybridized carbons (Fsp3) is 0.250. The minimum Gasteiger partial charge on any atom is -0.298 e. The molecule has 0 saturated heterocycles. The van der Waals surface area contributed by atoms with Gasteiger partial charge in [0.1, 0.15) is 6.29 Å². The Hall–Kier alpha value is -1.96. The molecule has 1 aromatic heterocycles. The second-order valence-corrected chi connectivity index (χ2v) is 5.43. The zero-order valence-electron chi connectivity index (χ0n) is 11.0. The molecule has 0 bridgehead atoms. The van der Waals surface area contributed by atoms with Gasteiger partial charge in [0, 0.05) is 28.4 Å². The first kappa shape index (κ1) is 12.5. The number of pyridine rings is 1. The van der Waals surface area contributed by atoms with Crippen LogP contribution < -0.4 is 0 Å². The van der Waals surface area contributed by atoms with Gasteiger partial charge in [-0.2, -0.15) is 0 Å². The van der Waals surface area contributed by atoms with Gasteiger partial charge in [-0.25, -0.2) is 0 Å². The normalized spacial score (nSPS) is 11.3. The molecule has 0 fully saturated rings. The number of carbonyl (C=O) groups excluding carboxylic acids is 1. The van der Waals surface area contributed by atoms with E-state index in [4.69, 9.17) is 0 Å². The van der Waals surface area contributed by atoms with E-state index >= 15 is 0 Å². The van der Waals surface area contributed by atoms with E-state index in [9.17, 15) is 4.79 Å². The number of benzene rings is 1. The molecule has 18 heavy (non-hydrogen) atoms. The first-order valence-electron chi connectivity index (χ1n) is 6.03. The standard InChI is InChI=1S/C16H17NO/c1-16(2,3)15-8-7-14(10-17-15)13-6-4-5-12(9-13)11-18/h4-11H,1-3H3. The van der Waals surface area contributed by atoms with Gasteiger partial charge in [0.25, 0.3) is 0 Å². The molecule has 2 heteroatoms. The Bertz CT molecular complexity index is 550. The van der Waals surface area contributed by atoms with E-state index < -0.39 is 0 Å². The second-order valence-electron chi connectivity index (χ2n) is 5.43. The van der Waals surface area contributed by atoms with Crippen molar-refractivity contribution in [3.63, 3.8) is 0 Å². The highest BCUT2D eigenvalue weighted by atomic mass is 16.1. The molecule has 0 saturated carbocycles. The molecule has 0 aliphatic rings. The highest BCUT2D eigenvalue weighted by molar-refractivity contribution is 5.78. The summed E-state index contributed by atoms with van der Waals surface area (Å²) in [4.78, 5) is 15.3. The summed E-state index contributed by atoms with van der Waals surface area (Å²) in [7, 11) is 0. The van der Waals surface area contributed by atoms with Crippen molar-refractivity contribution in [2.24, 2.45) is 0 Å². The number of hydrogen-bond acceptors (Lipinski definition) is 2. The predicted molar refractivity (Wildman–Crippen MR) is 73.8 cm³/mol. The summed E-state index contributed by atoms with van der Waals surface area (Å²) in [6.45, 7) is 6.42. The molecule has 92 valence electrons. The topological polar surface area (TPSA) is 30.0 Å². The van der Waals surface area contributed by atoms with Crippen LogP contribution in [0.5, 0.6) is 0 Å². The van der Waals surface area contributed by atoms with Crippen LogP contribution in [0, 0.1) is 0 Å². The Kier molecular flexibility index (Phi) is 3.28. The van der Waals surface area contributed by atoms with Gasteiger partial charge in [0.2, 0.25) is 0 Å². The monoisotopic (exact) mass is 239 g/mol. The largest absolute Gasteiger partial charge is 0.298 e. The Morgan fingerprint density at radius 3 is 2.39 bits per heavy atom. The average molecular weight is 239 g/mol. The van der Waals surface area contributed by atoms with Gasteiger partial charge < -0.3 is 0 Å². The van der Waals surface area contributed by atoms with Crippen molar-refractivity contribution < 1.29 is 4.79 Å². The van der Waals surface area contributed by atoms with Crippen LogP contribution in [-0.4, -0.2) is 11.3 Å². The SMILES string of the molecule is CC(C)(C)c1ccc(-c2cccc(C=O)c2)cn1. The Morgan fingerprint density at radius 2 is 1.83 bits per heavy atom. The minimum absolute atomic E-state index is 0.0587. The van der Waals surface area contributed by atoms with Gasteiger partial charge in [0.05, 0.1) is 0 Å². The third-order valence-electron chi connectivity index (χ3n) is 2.89. The molecular formula is C16H17NO. The molecular weight excluding hydrogens is 222 g/mol. The maximum atomic E-state index is 10.8. The Labute approximate surface area is 108 Å². The van der Waals surface area contributed by atoms with E-state index in [2.05, 4.69) is 31.8 Å². The van der Waals surface area contributed by atoms with Crippen molar-refractivity contribution in [3.8, 4) is 11.1 Å². The van der Waals surface area contributed by atoms with Gasteiger partial charge in [-0.3, -0.25) is 9.78 Å². The summed E-state index contributed by atoms with van der Waals surface area (Å²) in [5.41, 5.74) is 3.87. The smallest absolute Gasteiger partial charge is 0.150 e. The third-order valence-corrected chi connectivity index (χ3v) is 2.89. The third kappa shape index (κ3) is 2.65. The van der Waals surface area contributed by atoms with Gasteiger partial charge in [0.15, 0.2) is 0 Å². The molecule has 2 aromatic rings. The fourth-order valence-corrected chi connectivity index (χ4v) is 1.80. The number of rotatable bonds is 2. The molecule has 0 aliphatic carbocycles. The molecule has 0 N–H and O–H groups in total. The zero-order valence-corrected chi connectivity index (χ0v) is 11.0. The molecule has 0 spiro atoms. The number of carbonyl (C=O) groups is 1. The van der Waals surface area contributed by atoms with Crippen LogP contribution in [0.25, 0.3) is 11.1 Å². The van der Waals surface area contributed by atoms with Gasteiger partial charge >= 0.3 is 0 Å². The Morgan fingerprint density at radius 1 is 1.06 bits per heavy atom. The summed E-state index contributed by atoms with van der Waals surface area (Å²) in [6, 6.07) is 11.6. The van der Waals surface area contributed by atoms with Crippen LogP contribution in [0.2, 0.25) is 0 Å². The van der Waals surface area contributed by atoms with Crippen LogP contribution in [0.1, 0.15) is 36.8 Å². The summed E-state index contributed by atoms with van der Waals surface area (Å²) in [5, 5.41) is 0. The molecule has 1 aromatic carbocycles. The van der Waals surface area contributed by atoms with E-state index in [-0.39, 0.29) is 5.41 Å². The summed E-state index contributed by atoms with van der Waals surface area (Å²) in [5.74, 6) is 0. The van der Waals surface area contributed by atoms with E-state index in [0.29, 0.717) is 5.56 Å². The zero-order chi connectivity index (χ0) is 13.2. The minimum atomic E-state index is 0.0587. The first-order valence-corrected chi connectivity index (χ1v) is 6.03. The molecule has 0 amide bonds. The Balaban J connectivity index is 2.37. The average Bonchev–Trinajstić information content (AvgIpc) is 2.38. The van der Waals surface area contributed by atoms with E-state index in [1.54, 1.807) is 6.07 Å². The summed E-state index contributed by atoms with van der Waals surface area (Å²) >= 11 is 0. The van der Waals surface area contributed by atoms with Crippen LogP contribution in [0.4, 0.5) is 0 Å². The molecule has 2 rings (SSSR count). The van der Waals surface area contributed by atoms with Crippen molar-refractivity contribution in [3.05, 3.63) is 53.9 Å². The quantitative estimate of drug-likeness (QED) is 0.745. The number of aromatic nitrogens is 1. The molecule has 1 heterocycles. The maximum absolute atomic E-state index is 10.8. The van der Waals surface area contributed by atoms with Crippen LogP contribution in [0.3, 0.4) is 0 Å². The van der Waals surface area contributed by atoms with Gasteiger partial charge in [-0.05, 0) is 17.7 Å². The molecule has 0 atom stereocenters. The molecule has 2 nitrogen and oxygen atoms in total. The van der Waals surface area contributed by atoms with Crippen LogP contribution >= 0.6 is 0 Å². The van der Waals surface area contributed by atoms with Gasteiger partial charge in [-0.15, -0.1) is 0 Å².